The Balaban J connectivity index is 1.50. The summed E-state index contributed by atoms with van der Waals surface area (Å²) >= 11 is 0. The van der Waals surface area contributed by atoms with Crippen molar-refractivity contribution in [2.75, 3.05) is 26.3 Å². The lowest BCUT2D eigenvalue weighted by Crippen LogP contribution is -2.45. The molecule has 1 spiro atoms. The first kappa shape index (κ1) is 17.6. The Hall–Kier alpha value is -1.81. The maximum Gasteiger partial charge on any atom is 0.227 e. The number of carbonyl (C=O) groups is 1. The van der Waals surface area contributed by atoms with Gasteiger partial charge in [0.1, 0.15) is 0 Å². The average molecular weight is 354 g/mol. The fraction of sp³-hybridized carbons (Fsp3) is 0.591. The van der Waals surface area contributed by atoms with Gasteiger partial charge in [-0.25, -0.2) is 0 Å². The van der Waals surface area contributed by atoms with E-state index in [1.807, 2.05) is 0 Å². The van der Waals surface area contributed by atoms with Crippen LogP contribution in [0.3, 0.4) is 0 Å². The highest BCUT2D eigenvalue weighted by atomic mass is 16.5. The maximum atomic E-state index is 13.0. The van der Waals surface area contributed by atoms with Crippen LogP contribution in [0, 0.1) is 26.2 Å². The number of rotatable bonds is 2. The van der Waals surface area contributed by atoms with Gasteiger partial charge in [-0.3, -0.25) is 4.79 Å². The lowest BCUT2D eigenvalue weighted by molar-refractivity contribution is -0.133. The van der Waals surface area contributed by atoms with Crippen LogP contribution in [0.1, 0.15) is 48.1 Å². The van der Waals surface area contributed by atoms with Gasteiger partial charge >= 0.3 is 0 Å². The molecule has 140 valence electrons. The number of benzene rings is 1. The zero-order valence-electron chi connectivity index (χ0n) is 16.3. The van der Waals surface area contributed by atoms with E-state index in [1.54, 1.807) is 0 Å². The third-order valence-electron chi connectivity index (χ3n) is 6.75. The zero-order chi connectivity index (χ0) is 18.3. The summed E-state index contributed by atoms with van der Waals surface area (Å²) in [6.07, 6.45) is 5.09. The van der Waals surface area contributed by atoms with E-state index in [1.165, 1.54) is 27.6 Å². The minimum absolute atomic E-state index is 0.275. The molecule has 1 amide bonds. The number of likely N-dealkylation sites (tertiary alicyclic amines) is 1. The largest absolute Gasteiger partial charge is 0.381 e. The number of aryl methyl sites for hydroxylation is 3. The monoisotopic (exact) mass is 354 g/mol. The first-order valence-corrected chi connectivity index (χ1v) is 9.92. The van der Waals surface area contributed by atoms with Crippen LogP contribution in [-0.2, 0) is 16.0 Å². The topological polar surface area (TPSA) is 45.3 Å². The summed E-state index contributed by atoms with van der Waals surface area (Å²) < 4.78 is 5.53. The van der Waals surface area contributed by atoms with Crippen LogP contribution in [0.25, 0.3) is 10.9 Å². The van der Waals surface area contributed by atoms with Gasteiger partial charge in [0.15, 0.2) is 0 Å². The van der Waals surface area contributed by atoms with Gasteiger partial charge in [0, 0.05) is 42.9 Å². The minimum Gasteiger partial charge on any atom is -0.381 e. The van der Waals surface area contributed by atoms with E-state index >= 15 is 0 Å². The van der Waals surface area contributed by atoms with E-state index in [0.717, 1.165) is 57.7 Å². The lowest BCUT2D eigenvalue weighted by Gasteiger charge is -2.44. The van der Waals surface area contributed by atoms with Gasteiger partial charge < -0.3 is 14.6 Å². The van der Waals surface area contributed by atoms with Crippen molar-refractivity contribution in [1.82, 2.24) is 9.88 Å². The summed E-state index contributed by atoms with van der Waals surface area (Å²) in [5, 5.41) is 1.24. The second-order valence-electron chi connectivity index (χ2n) is 8.35. The molecule has 0 aliphatic carbocycles. The minimum atomic E-state index is 0.275. The second-order valence-corrected chi connectivity index (χ2v) is 8.35. The van der Waals surface area contributed by atoms with Crippen molar-refractivity contribution in [2.24, 2.45) is 5.41 Å². The Labute approximate surface area is 155 Å². The summed E-state index contributed by atoms with van der Waals surface area (Å²) in [6.45, 7) is 9.94. The van der Waals surface area contributed by atoms with Crippen molar-refractivity contribution in [2.45, 2.75) is 52.9 Å². The number of nitrogens with zero attached hydrogens (tertiary/aromatic N) is 1. The molecule has 0 saturated carbocycles. The summed E-state index contributed by atoms with van der Waals surface area (Å²) in [5.41, 5.74) is 6.41. The molecule has 0 atom stereocenters. The number of ether oxygens (including phenoxy) is 1. The summed E-state index contributed by atoms with van der Waals surface area (Å²) in [6, 6.07) is 4.31. The maximum absolute atomic E-state index is 13.0. The number of hydrogen-bond acceptors (Lipinski definition) is 2. The van der Waals surface area contributed by atoms with Crippen LogP contribution >= 0.6 is 0 Å². The van der Waals surface area contributed by atoms with Crippen molar-refractivity contribution in [3.05, 3.63) is 34.5 Å². The number of H-pyrrole nitrogens is 1. The molecule has 0 radical (unpaired) electrons. The second kappa shape index (κ2) is 6.73. The molecular formula is C22H30N2O2. The number of piperidine rings is 1. The highest BCUT2D eigenvalue weighted by Gasteiger charge is 2.37. The van der Waals surface area contributed by atoms with Crippen molar-refractivity contribution >= 4 is 16.8 Å². The van der Waals surface area contributed by atoms with Crippen molar-refractivity contribution in [3.63, 3.8) is 0 Å². The van der Waals surface area contributed by atoms with E-state index in [0.29, 0.717) is 11.8 Å². The van der Waals surface area contributed by atoms with Crippen LogP contribution in [-0.4, -0.2) is 42.1 Å². The number of amides is 1. The Morgan fingerprint density at radius 1 is 1.08 bits per heavy atom. The Kier molecular flexibility index (Phi) is 4.55. The number of carbonyl (C=O) groups excluding carboxylic acids is 1. The number of fused-ring (bicyclic) bond motifs is 1. The van der Waals surface area contributed by atoms with E-state index < -0.39 is 0 Å². The standard InChI is InChI=1S/C22H30N2O2/c1-15-4-5-16(2)21-20(15)18(17(3)23-21)14-19(25)24-10-6-22(7-11-24)8-12-26-13-9-22/h4-5,23H,6-14H2,1-3H3. The molecule has 4 nitrogen and oxygen atoms in total. The molecule has 2 fully saturated rings. The van der Waals surface area contributed by atoms with Crippen molar-refractivity contribution in [3.8, 4) is 0 Å². The molecule has 0 bridgehead atoms. The number of hydrogen-bond donors (Lipinski definition) is 1. The number of aromatic nitrogens is 1. The molecular weight excluding hydrogens is 324 g/mol. The van der Waals surface area contributed by atoms with E-state index in [9.17, 15) is 4.79 Å². The summed E-state index contributed by atoms with van der Waals surface area (Å²) in [7, 11) is 0. The van der Waals surface area contributed by atoms with Crippen LogP contribution in [0.5, 0.6) is 0 Å². The highest BCUT2D eigenvalue weighted by Crippen LogP contribution is 2.40. The Bertz CT molecular complexity index is 820. The molecule has 4 rings (SSSR count). The molecule has 1 aromatic carbocycles. The molecule has 26 heavy (non-hydrogen) atoms. The third kappa shape index (κ3) is 3.05. The molecule has 0 unspecified atom stereocenters. The van der Waals surface area contributed by atoms with Gasteiger partial charge in [0.25, 0.3) is 0 Å². The number of nitrogens with one attached hydrogen (secondary N) is 1. The van der Waals surface area contributed by atoms with Gasteiger partial charge in [0.2, 0.25) is 5.91 Å². The molecule has 1 N–H and O–H groups in total. The van der Waals surface area contributed by atoms with Gasteiger partial charge in [-0.1, -0.05) is 12.1 Å². The fourth-order valence-electron chi connectivity index (χ4n) is 4.83. The summed E-state index contributed by atoms with van der Waals surface area (Å²) in [4.78, 5) is 18.6. The van der Waals surface area contributed by atoms with Crippen molar-refractivity contribution in [1.29, 1.82) is 0 Å². The quantitative estimate of drug-likeness (QED) is 0.884. The lowest BCUT2D eigenvalue weighted by atomic mass is 9.72. The van der Waals surface area contributed by atoms with Crippen LogP contribution in [0.4, 0.5) is 0 Å². The van der Waals surface area contributed by atoms with E-state index in [4.69, 9.17) is 4.74 Å². The smallest absolute Gasteiger partial charge is 0.227 e. The van der Waals surface area contributed by atoms with E-state index in [-0.39, 0.29) is 5.91 Å². The molecule has 2 aromatic rings. The molecule has 4 heteroatoms. The Morgan fingerprint density at radius 3 is 2.42 bits per heavy atom. The molecule has 2 aliphatic rings. The highest BCUT2D eigenvalue weighted by molar-refractivity contribution is 5.93. The molecule has 2 saturated heterocycles. The van der Waals surface area contributed by atoms with Crippen LogP contribution < -0.4 is 0 Å². The molecule has 1 aromatic heterocycles. The first-order chi connectivity index (χ1) is 12.5. The van der Waals surface area contributed by atoms with Crippen molar-refractivity contribution < 1.29 is 9.53 Å². The Morgan fingerprint density at radius 2 is 1.73 bits per heavy atom. The van der Waals surface area contributed by atoms with Gasteiger partial charge in [-0.05, 0) is 68.6 Å². The summed E-state index contributed by atoms with van der Waals surface area (Å²) in [5.74, 6) is 0.275. The predicted octanol–water partition coefficient (Wildman–Crippen LogP) is 4.05. The predicted molar refractivity (Wildman–Crippen MR) is 105 cm³/mol. The SMILES string of the molecule is Cc1[nH]c2c(C)ccc(C)c2c1CC(=O)N1CCC2(CCOCC2)CC1. The van der Waals surface area contributed by atoms with Crippen LogP contribution in [0.2, 0.25) is 0 Å². The van der Waals surface area contributed by atoms with Gasteiger partial charge in [-0.2, -0.15) is 0 Å². The molecule has 2 aliphatic heterocycles. The van der Waals surface area contributed by atoms with E-state index in [2.05, 4.69) is 42.8 Å². The van der Waals surface area contributed by atoms with Gasteiger partial charge in [-0.15, -0.1) is 0 Å². The van der Waals surface area contributed by atoms with Gasteiger partial charge in [0.05, 0.1) is 6.42 Å². The fourth-order valence-corrected chi connectivity index (χ4v) is 4.83. The third-order valence-corrected chi connectivity index (χ3v) is 6.75. The first-order valence-electron chi connectivity index (χ1n) is 9.92. The molecule has 3 heterocycles. The average Bonchev–Trinajstić information content (AvgIpc) is 2.97. The zero-order valence-corrected chi connectivity index (χ0v) is 16.3. The normalized spacial score (nSPS) is 20.0. The van der Waals surface area contributed by atoms with Crippen LogP contribution in [0.15, 0.2) is 12.1 Å². The number of aromatic amines is 1.